The Kier molecular flexibility index (Phi) is 10.3. The first-order valence-electron chi connectivity index (χ1n) is 16.0. The summed E-state index contributed by atoms with van der Waals surface area (Å²) in [5.74, 6) is -2.40. The number of nitrogens with zero attached hydrogens (tertiary/aromatic N) is 5. The third-order valence-corrected chi connectivity index (χ3v) is 9.91. The molecule has 21 heteroatoms. The smallest absolute Gasteiger partial charge is 0.354 e. The summed E-state index contributed by atoms with van der Waals surface area (Å²) in [4.78, 5) is 47.8. The number of hydrogen-bond acceptors (Lipinski definition) is 15. The molecule has 2 saturated heterocycles. The summed E-state index contributed by atoms with van der Waals surface area (Å²) >= 11 is 0.969. The third-order valence-electron chi connectivity index (χ3n) is 8.87. The number of carboxylic acids is 1. The summed E-state index contributed by atoms with van der Waals surface area (Å²) in [7, 11) is -5.21. The first-order valence-corrected chi connectivity index (χ1v) is 18.2. The van der Waals surface area contributed by atoms with Crippen LogP contribution in [0.1, 0.15) is 32.4 Å². The normalized spacial score (nSPS) is 20.4. The van der Waals surface area contributed by atoms with Crippen LogP contribution in [-0.2, 0) is 53.4 Å². The van der Waals surface area contributed by atoms with Crippen molar-refractivity contribution in [3.8, 4) is 16.9 Å². The number of carbonyl (C=O) groups excluding carboxylic acids is 2. The van der Waals surface area contributed by atoms with E-state index in [1.54, 1.807) is 6.07 Å². The Bertz CT molecular complexity index is 1970. The number of nitrogens with one attached hydrogen (secondary N) is 2. The minimum Gasteiger partial charge on any atom is -0.724 e. The number of amides is 2. The van der Waals surface area contributed by atoms with Crippen LogP contribution in [0.15, 0.2) is 41.1 Å². The molecule has 0 bridgehead atoms. The Morgan fingerprint density at radius 2 is 2.14 bits per heavy atom. The number of carboxylic acid groups (broad SMARTS) is 1. The van der Waals surface area contributed by atoms with Gasteiger partial charge in [-0.1, -0.05) is 11.2 Å². The number of carbonyl (C=O) groups is 3. The fourth-order valence-electron chi connectivity index (χ4n) is 5.84. The number of hydrogen-bond donors (Lipinski definition) is 5. The third kappa shape index (κ3) is 7.97. The maximum Gasteiger partial charge on any atom is 0.354 e. The van der Waals surface area contributed by atoms with E-state index in [1.807, 2.05) is 12.1 Å². The number of aryl methyl sites for hydroxylation is 2. The molecule has 2 aromatic heterocycles. The summed E-state index contributed by atoms with van der Waals surface area (Å²) in [6.07, 6.45) is 4.74. The zero-order valence-electron chi connectivity index (χ0n) is 27.4. The first-order chi connectivity index (χ1) is 24.2. The van der Waals surface area contributed by atoms with E-state index < -0.39 is 58.2 Å². The van der Waals surface area contributed by atoms with Crippen molar-refractivity contribution in [2.24, 2.45) is 16.8 Å². The number of hydroxylamine groups is 2. The van der Waals surface area contributed by atoms with Gasteiger partial charge in [0.15, 0.2) is 23.5 Å². The molecular weight excluding hydrogens is 711 g/mol. The van der Waals surface area contributed by atoms with Gasteiger partial charge in [-0.15, -0.1) is 16.0 Å². The molecule has 3 aliphatic heterocycles. The van der Waals surface area contributed by atoms with Crippen LogP contribution in [0, 0.1) is 5.92 Å². The lowest BCUT2D eigenvalue weighted by atomic mass is 9.90. The van der Waals surface area contributed by atoms with Crippen LogP contribution in [-0.4, -0.2) is 100 Å². The molecular formula is C30H39N9O10S2. The molecule has 2 amide bonds. The number of aliphatic carboxylic acids is 1. The monoisotopic (exact) mass is 749 g/mol. The lowest BCUT2D eigenvalue weighted by Crippen LogP contribution is -2.64. The average Bonchev–Trinajstić information content (AvgIpc) is 3.69. The minimum atomic E-state index is -5.21. The number of nitrogens with two attached hydrogens (primary N) is 2. The topological polar surface area (TPSA) is 270 Å². The van der Waals surface area contributed by atoms with Crippen molar-refractivity contribution in [2.75, 3.05) is 31.9 Å². The number of oxime groups is 1. The standard InChI is InChI=1S/C30H37N9O10S2.H2/c1-30(28(42)43,48-36-25(22-16-50-29(32)35-22)26(40)34-21-15-39(27(21)41)49-51(44,45)46)24-6-4-19-9-18(3-5-23(19)47-24)20-13-37(8-2-7-31)38(14-20)12-17-10-33-11-17;/h3,5,9,13-14,16-17,21,24,33H,2,4,6-8,10-12,15,31H2,1H3,(H4-,32,34,35,40,42,43,44,45,46);1H/b36-25-;/t21?,24?,30-;/m0./s1. The first kappa shape index (κ1) is 36.1. The zero-order chi connectivity index (χ0) is 36.5. The predicted octanol–water partition coefficient (Wildman–Crippen LogP) is -1.03. The van der Waals surface area contributed by atoms with Crippen LogP contribution in [0.25, 0.3) is 11.1 Å². The quantitative estimate of drug-likeness (QED) is 0.0311. The second kappa shape index (κ2) is 14.5. The summed E-state index contributed by atoms with van der Waals surface area (Å²) in [6.45, 7) is 5.05. The number of rotatable bonds is 15. The van der Waals surface area contributed by atoms with E-state index in [-0.39, 0.29) is 23.7 Å². The van der Waals surface area contributed by atoms with Gasteiger partial charge < -0.3 is 41.3 Å². The number of aromatic nitrogens is 3. The number of nitrogen functional groups attached to an aromatic ring is 1. The molecule has 2 fully saturated rings. The SMILES string of the molecule is C[C@@](O/N=C(\C(=O)NC1CN(OS(=O)(=O)[O-])C1=O)c1csc(N)n1)(C(=O)O)C1CCc2cc(-c3cn(CCCN)[n+](CC4CNC4)c3)ccc2O1.[HH]. The Morgan fingerprint density at radius 1 is 1.35 bits per heavy atom. The maximum atomic E-state index is 13.2. The second-order valence-corrected chi connectivity index (χ2v) is 14.4. The van der Waals surface area contributed by atoms with Gasteiger partial charge in [-0.05, 0) is 56.0 Å². The molecule has 2 unspecified atom stereocenters. The van der Waals surface area contributed by atoms with Crippen molar-refractivity contribution in [2.45, 2.75) is 57.0 Å². The molecule has 3 atom stereocenters. The Hall–Kier alpha value is -4.67. The highest BCUT2D eigenvalue weighted by atomic mass is 32.3. The van der Waals surface area contributed by atoms with E-state index >= 15 is 0 Å². The number of benzene rings is 1. The molecule has 5 heterocycles. The maximum absolute atomic E-state index is 13.2. The molecule has 19 nitrogen and oxygen atoms in total. The van der Waals surface area contributed by atoms with Crippen molar-refractivity contribution in [1.29, 1.82) is 0 Å². The Balaban J connectivity index is 0.00000523. The van der Waals surface area contributed by atoms with Crippen molar-refractivity contribution < 1.29 is 52.4 Å². The molecule has 3 aliphatic rings. The molecule has 1 aromatic carbocycles. The summed E-state index contributed by atoms with van der Waals surface area (Å²) < 4.78 is 47.0. The average molecular weight is 750 g/mol. The fourth-order valence-corrected chi connectivity index (χ4v) is 6.74. The highest BCUT2D eigenvalue weighted by molar-refractivity contribution is 7.80. The van der Waals surface area contributed by atoms with Gasteiger partial charge in [-0.25, -0.2) is 23.3 Å². The highest BCUT2D eigenvalue weighted by Crippen LogP contribution is 2.36. The molecule has 276 valence electrons. The summed E-state index contributed by atoms with van der Waals surface area (Å²) in [5.41, 5.74) is 11.7. The van der Waals surface area contributed by atoms with Gasteiger partial charge in [0.05, 0.1) is 24.8 Å². The molecule has 0 spiro atoms. The van der Waals surface area contributed by atoms with Crippen LogP contribution in [0.5, 0.6) is 5.75 Å². The van der Waals surface area contributed by atoms with Crippen molar-refractivity contribution in [3.05, 3.63) is 47.2 Å². The van der Waals surface area contributed by atoms with Gasteiger partial charge in [-0.3, -0.25) is 9.59 Å². The van der Waals surface area contributed by atoms with E-state index in [1.165, 1.54) is 12.3 Å². The van der Waals surface area contributed by atoms with Crippen LogP contribution >= 0.6 is 11.3 Å². The van der Waals surface area contributed by atoms with Crippen LogP contribution in [0.2, 0.25) is 0 Å². The van der Waals surface area contributed by atoms with E-state index in [4.69, 9.17) is 21.0 Å². The highest BCUT2D eigenvalue weighted by Gasteiger charge is 2.49. The molecule has 0 saturated carbocycles. The Labute approximate surface area is 297 Å². The van der Waals surface area contributed by atoms with Gasteiger partial charge in [0.25, 0.3) is 17.4 Å². The largest absolute Gasteiger partial charge is 0.724 e. The van der Waals surface area contributed by atoms with Gasteiger partial charge in [0.1, 0.15) is 17.5 Å². The van der Waals surface area contributed by atoms with E-state index in [2.05, 4.69) is 46.8 Å². The van der Waals surface area contributed by atoms with Crippen LogP contribution in [0.3, 0.4) is 0 Å². The molecule has 51 heavy (non-hydrogen) atoms. The fraction of sp³-hybridized carbons (Fsp3) is 0.467. The van der Waals surface area contributed by atoms with Crippen molar-refractivity contribution in [1.82, 2.24) is 25.4 Å². The molecule has 7 N–H and O–H groups in total. The molecule has 0 aliphatic carbocycles. The number of fused-ring (bicyclic) bond motifs is 1. The van der Waals surface area contributed by atoms with E-state index in [9.17, 15) is 32.5 Å². The van der Waals surface area contributed by atoms with E-state index in [0.29, 0.717) is 24.6 Å². The summed E-state index contributed by atoms with van der Waals surface area (Å²) in [6, 6.07) is 4.45. The zero-order valence-corrected chi connectivity index (χ0v) is 29.0. The van der Waals surface area contributed by atoms with Crippen LogP contribution in [0.4, 0.5) is 5.13 Å². The molecule has 3 aromatic rings. The lowest BCUT2D eigenvalue weighted by Gasteiger charge is -2.37. The van der Waals surface area contributed by atoms with Gasteiger partial charge in [0, 0.05) is 25.8 Å². The number of β-lactam (4-membered cyclic amide) rings is 1. The lowest BCUT2D eigenvalue weighted by molar-refractivity contribution is -0.781. The van der Waals surface area contributed by atoms with Crippen molar-refractivity contribution >= 4 is 50.4 Å². The number of anilines is 1. The van der Waals surface area contributed by atoms with E-state index in [0.717, 1.165) is 60.6 Å². The number of ether oxygens (including phenoxy) is 1. The van der Waals surface area contributed by atoms with Crippen molar-refractivity contribution in [3.63, 3.8) is 0 Å². The second-order valence-electron chi connectivity index (χ2n) is 12.6. The van der Waals surface area contributed by atoms with Crippen LogP contribution < -0.4 is 31.5 Å². The molecule has 6 rings (SSSR count). The minimum absolute atomic E-state index is 0. The summed E-state index contributed by atoms with van der Waals surface area (Å²) in [5, 5.41) is 21.5. The Morgan fingerprint density at radius 3 is 2.76 bits per heavy atom. The molecule has 0 radical (unpaired) electrons. The predicted molar refractivity (Wildman–Crippen MR) is 180 cm³/mol. The van der Waals surface area contributed by atoms with Gasteiger partial charge in [0.2, 0.25) is 16.6 Å². The van der Waals surface area contributed by atoms with Gasteiger partial charge in [-0.2, -0.15) is 8.97 Å². The number of thiazole rings is 1. The van der Waals surface area contributed by atoms with Gasteiger partial charge >= 0.3 is 5.97 Å².